The third-order valence-corrected chi connectivity index (χ3v) is 3.30. The molecule has 0 bridgehead atoms. The molecule has 1 nitrogen and oxygen atoms in total. The zero-order valence-electron chi connectivity index (χ0n) is 10.6. The van der Waals surface area contributed by atoms with Crippen molar-refractivity contribution in [1.29, 1.82) is 0 Å². The molecule has 0 radical (unpaired) electrons. The molecule has 2 aromatic carbocycles. The lowest BCUT2D eigenvalue weighted by Gasteiger charge is -2.01. The largest absolute Gasteiger partial charge is 0.299 e. The van der Waals surface area contributed by atoms with Gasteiger partial charge in [0.05, 0.1) is 5.75 Å². The smallest absolute Gasteiger partial charge is 0.140 e. The second kappa shape index (κ2) is 7.13. The molecule has 0 fully saturated rings. The summed E-state index contributed by atoms with van der Waals surface area (Å²) >= 11 is 1.59. The van der Waals surface area contributed by atoms with E-state index in [4.69, 9.17) is 0 Å². The van der Waals surface area contributed by atoms with Crippen LogP contribution in [0.15, 0.2) is 47.4 Å². The number of hydrogen-bond acceptors (Lipinski definition) is 2. The van der Waals surface area contributed by atoms with Crippen molar-refractivity contribution in [2.24, 2.45) is 0 Å². The van der Waals surface area contributed by atoms with E-state index in [2.05, 4.69) is 30.3 Å². The second-order valence-corrected chi connectivity index (χ2v) is 4.55. The third-order valence-electron chi connectivity index (χ3n) is 2.16. The SMILES string of the molecule is CC.CC(=O)CSc1ccc2ccccc2c1. The Balaban J connectivity index is 0.000000686. The molecule has 90 valence electrons. The number of fused-ring (bicyclic) bond motifs is 1. The second-order valence-electron chi connectivity index (χ2n) is 3.50. The molecule has 0 aliphatic rings. The summed E-state index contributed by atoms with van der Waals surface area (Å²) in [5, 5.41) is 2.47. The van der Waals surface area contributed by atoms with Gasteiger partial charge in [0, 0.05) is 4.90 Å². The highest BCUT2D eigenvalue weighted by atomic mass is 32.2. The van der Waals surface area contributed by atoms with Gasteiger partial charge in [-0.1, -0.05) is 44.2 Å². The fraction of sp³-hybridized carbons (Fsp3) is 0.267. The van der Waals surface area contributed by atoms with Crippen LogP contribution in [-0.2, 0) is 4.79 Å². The molecular weight excluding hydrogens is 228 g/mol. The first-order valence-electron chi connectivity index (χ1n) is 5.87. The van der Waals surface area contributed by atoms with E-state index in [1.165, 1.54) is 10.8 Å². The first kappa shape index (κ1) is 13.8. The van der Waals surface area contributed by atoms with Gasteiger partial charge in [-0.25, -0.2) is 0 Å². The Morgan fingerprint density at radius 1 is 1.06 bits per heavy atom. The molecule has 2 rings (SSSR count). The molecule has 0 atom stereocenters. The summed E-state index contributed by atoms with van der Waals surface area (Å²) in [6.07, 6.45) is 0. The molecule has 0 amide bonds. The van der Waals surface area contributed by atoms with Gasteiger partial charge >= 0.3 is 0 Å². The van der Waals surface area contributed by atoms with E-state index < -0.39 is 0 Å². The molecule has 2 aromatic rings. The van der Waals surface area contributed by atoms with E-state index in [0.717, 1.165) is 4.90 Å². The van der Waals surface area contributed by atoms with Gasteiger partial charge in [-0.2, -0.15) is 0 Å². The van der Waals surface area contributed by atoms with Crippen LogP contribution in [0.4, 0.5) is 0 Å². The number of hydrogen-bond donors (Lipinski definition) is 0. The van der Waals surface area contributed by atoms with E-state index in [1.54, 1.807) is 18.7 Å². The van der Waals surface area contributed by atoms with Crippen molar-refractivity contribution in [3.05, 3.63) is 42.5 Å². The average molecular weight is 246 g/mol. The number of benzene rings is 2. The summed E-state index contributed by atoms with van der Waals surface area (Å²) in [6, 6.07) is 14.5. The number of Topliss-reactive ketones (excluding diaryl/α,β-unsaturated/α-hetero) is 1. The zero-order valence-corrected chi connectivity index (χ0v) is 11.4. The highest BCUT2D eigenvalue weighted by Gasteiger charge is 1.98. The Labute approximate surface area is 107 Å². The van der Waals surface area contributed by atoms with Gasteiger partial charge in [0.2, 0.25) is 0 Å². The summed E-state index contributed by atoms with van der Waals surface area (Å²) in [5.41, 5.74) is 0. The minimum atomic E-state index is 0.216. The van der Waals surface area contributed by atoms with Crippen molar-refractivity contribution in [2.45, 2.75) is 25.7 Å². The quantitative estimate of drug-likeness (QED) is 0.739. The molecule has 17 heavy (non-hydrogen) atoms. The van der Waals surface area contributed by atoms with Gasteiger partial charge in [0.15, 0.2) is 0 Å². The minimum Gasteiger partial charge on any atom is -0.299 e. The van der Waals surface area contributed by atoms with Gasteiger partial charge in [-0.3, -0.25) is 4.79 Å². The predicted octanol–water partition coefficient (Wildman–Crippen LogP) is 4.55. The first-order chi connectivity index (χ1) is 8.25. The highest BCUT2D eigenvalue weighted by molar-refractivity contribution is 8.00. The lowest BCUT2D eigenvalue weighted by atomic mass is 10.1. The van der Waals surface area contributed by atoms with Gasteiger partial charge in [0.1, 0.15) is 5.78 Å². The molecule has 2 heteroatoms. The monoisotopic (exact) mass is 246 g/mol. The summed E-state index contributed by atoms with van der Waals surface area (Å²) in [6.45, 7) is 5.62. The molecule has 0 unspecified atom stereocenters. The van der Waals surface area contributed by atoms with Crippen LogP contribution in [-0.4, -0.2) is 11.5 Å². The summed E-state index contributed by atoms with van der Waals surface area (Å²) in [5.74, 6) is 0.770. The molecule has 0 heterocycles. The van der Waals surface area contributed by atoms with Crippen molar-refractivity contribution in [3.8, 4) is 0 Å². The van der Waals surface area contributed by atoms with Crippen molar-refractivity contribution >= 4 is 28.3 Å². The Bertz CT molecular complexity index is 491. The Kier molecular flexibility index (Phi) is 5.78. The van der Waals surface area contributed by atoms with E-state index in [-0.39, 0.29) is 5.78 Å². The average Bonchev–Trinajstić information content (AvgIpc) is 2.38. The molecule has 0 saturated carbocycles. The van der Waals surface area contributed by atoms with Crippen molar-refractivity contribution in [1.82, 2.24) is 0 Å². The molecule has 0 spiro atoms. The van der Waals surface area contributed by atoms with Crippen LogP contribution in [0.25, 0.3) is 10.8 Å². The highest BCUT2D eigenvalue weighted by Crippen LogP contribution is 2.23. The Morgan fingerprint density at radius 2 is 1.71 bits per heavy atom. The topological polar surface area (TPSA) is 17.1 Å². The van der Waals surface area contributed by atoms with Gasteiger partial charge < -0.3 is 0 Å². The Morgan fingerprint density at radius 3 is 2.35 bits per heavy atom. The lowest BCUT2D eigenvalue weighted by molar-refractivity contribution is -0.114. The van der Waals surface area contributed by atoms with E-state index >= 15 is 0 Å². The van der Waals surface area contributed by atoms with E-state index in [1.807, 2.05) is 26.0 Å². The van der Waals surface area contributed by atoms with Crippen LogP contribution in [0.2, 0.25) is 0 Å². The third kappa shape index (κ3) is 4.23. The minimum absolute atomic E-state index is 0.216. The molecule has 0 aliphatic heterocycles. The molecule has 0 aliphatic carbocycles. The van der Waals surface area contributed by atoms with Crippen LogP contribution < -0.4 is 0 Å². The van der Waals surface area contributed by atoms with Crippen molar-refractivity contribution in [3.63, 3.8) is 0 Å². The van der Waals surface area contributed by atoms with Gasteiger partial charge in [-0.15, -0.1) is 11.8 Å². The lowest BCUT2D eigenvalue weighted by Crippen LogP contribution is -1.92. The van der Waals surface area contributed by atoms with Crippen molar-refractivity contribution in [2.75, 3.05) is 5.75 Å². The van der Waals surface area contributed by atoms with E-state index in [9.17, 15) is 4.79 Å². The van der Waals surface area contributed by atoms with Crippen LogP contribution in [0, 0.1) is 0 Å². The van der Waals surface area contributed by atoms with Crippen LogP contribution >= 0.6 is 11.8 Å². The number of carbonyl (C=O) groups is 1. The number of rotatable bonds is 3. The predicted molar refractivity (Wildman–Crippen MR) is 76.7 cm³/mol. The first-order valence-corrected chi connectivity index (χ1v) is 6.85. The number of thioether (sulfide) groups is 1. The standard InChI is InChI=1S/C13H12OS.C2H6/c1-10(14)9-15-13-7-6-11-4-2-3-5-12(11)8-13;1-2/h2-8H,9H2,1H3;1-2H3. The van der Waals surface area contributed by atoms with Gasteiger partial charge in [0.25, 0.3) is 0 Å². The van der Waals surface area contributed by atoms with Crippen molar-refractivity contribution < 1.29 is 4.79 Å². The maximum Gasteiger partial charge on any atom is 0.140 e. The number of carbonyl (C=O) groups excluding carboxylic acids is 1. The fourth-order valence-electron chi connectivity index (χ4n) is 1.44. The molecule has 0 saturated heterocycles. The summed E-state index contributed by atoms with van der Waals surface area (Å²) in [4.78, 5) is 12.0. The molecule has 0 aromatic heterocycles. The normalized spacial score (nSPS) is 9.59. The van der Waals surface area contributed by atoms with Crippen LogP contribution in [0.3, 0.4) is 0 Å². The molecular formula is C15H18OS. The number of ketones is 1. The summed E-state index contributed by atoms with van der Waals surface area (Å²) in [7, 11) is 0. The van der Waals surface area contributed by atoms with E-state index in [0.29, 0.717) is 5.75 Å². The zero-order chi connectivity index (χ0) is 12.7. The van der Waals surface area contributed by atoms with Crippen LogP contribution in [0.5, 0.6) is 0 Å². The van der Waals surface area contributed by atoms with Gasteiger partial charge in [-0.05, 0) is 29.8 Å². The maximum atomic E-state index is 10.9. The Hall–Kier alpha value is -1.28. The fourth-order valence-corrected chi connectivity index (χ4v) is 2.19. The van der Waals surface area contributed by atoms with Crippen LogP contribution in [0.1, 0.15) is 20.8 Å². The molecule has 0 N–H and O–H groups in total. The maximum absolute atomic E-state index is 10.9. The summed E-state index contributed by atoms with van der Waals surface area (Å²) < 4.78 is 0.